The number of amides is 4. The molecule has 1 unspecified atom stereocenters. The lowest BCUT2D eigenvalue weighted by Crippen LogP contribution is -2.59. The number of hydrogen-bond acceptors (Lipinski definition) is 7. The highest BCUT2D eigenvalue weighted by atomic mass is 16.5. The Balaban J connectivity index is 1.25. The molecule has 2 saturated heterocycles. The van der Waals surface area contributed by atoms with Gasteiger partial charge in [-0.15, -0.1) is 0 Å². The van der Waals surface area contributed by atoms with Crippen molar-refractivity contribution in [2.45, 2.75) is 76.9 Å². The number of aliphatic hydroxyl groups excluding tert-OH is 1. The fourth-order valence-corrected chi connectivity index (χ4v) is 8.28. The van der Waals surface area contributed by atoms with Gasteiger partial charge in [-0.25, -0.2) is 0 Å². The van der Waals surface area contributed by atoms with Crippen molar-refractivity contribution >= 4 is 40.3 Å². The van der Waals surface area contributed by atoms with Crippen LogP contribution in [-0.2, 0) is 19.2 Å². The van der Waals surface area contributed by atoms with Gasteiger partial charge < -0.3 is 35.7 Å². The summed E-state index contributed by atoms with van der Waals surface area (Å²) < 4.78 is 5.45. The number of aromatic nitrogens is 1. The summed E-state index contributed by atoms with van der Waals surface area (Å²) in [7, 11) is 1.57. The van der Waals surface area contributed by atoms with Crippen molar-refractivity contribution in [2.75, 3.05) is 26.8 Å². The molecule has 4 aliphatic rings. The highest BCUT2D eigenvalue weighted by Gasteiger charge is 2.69. The van der Waals surface area contributed by atoms with E-state index in [2.05, 4.69) is 34.8 Å². The molecule has 0 spiro atoms. The molecule has 3 heterocycles. The van der Waals surface area contributed by atoms with Crippen LogP contribution in [0.1, 0.15) is 69.3 Å². The highest BCUT2D eigenvalue weighted by Crippen LogP contribution is 2.65. The van der Waals surface area contributed by atoms with Crippen molar-refractivity contribution in [1.29, 1.82) is 0 Å². The molecule has 2 aliphatic carbocycles. The second-order valence-corrected chi connectivity index (χ2v) is 14.0. The van der Waals surface area contributed by atoms with Gasteiger partial charge in [-0.1, -0.05) is 39.2 Å². The van der Waals surface area contributed by atoms with Gasteiger partial charge in [0.25, 0.3) is 5.91 Å². The number of ketones is 1. The molecule has 4 fully saturated rings. The number of H-pyrrole nitrogens is 1. The van der Waals surface area contributed by atoms with Gasteiger partial charge in [-0.05, 0) is 67.1 Å². The van der Waals surface area contributed by atoms with Crippen molar-refractivity contribution < 1.29 is 33.8 Å². The first kappa shape index (κ1) is 32.0. The average Bonchev–Trinajstić information content (AvgIpc) is 3.58. The third-order valence-electron chi connectivity index (χ3n) is 11.1. The Hall–Kier alpha value is -3.93. The van der Waals surface area contributed by atoms with Crippen LogP contribution in [0.5, 0.6) is 5.75 Å². The minimum absolute atomic E-state index is 0.0812. The van der Waals surface area contributed by atoms with Gasteiger partial charge in [-0.2, -0.15) is 0 Å². The maximum atomic E-state index is 14.5. The summed E-state index contributed by atoms with van der Waals surface area (Å²) in [5.41, 5.74) is 0.882. The fraction of sp³-hybridized carbons (Fsp3) is 0.618. The molecule has 6 rings (SSSR count). The summed E-state index contributed by atoms with van der Waals surface area (Å²) in [4.78, 5) is 72.0. The molecule has 2 aliphatic heterocycles. The van der Waals surface area contributed by atoms with E-state index in [-0.39, 0.29) is 41.4 Å². The molecule has 6 atom stereocenters. The van der Waals surface area contributed by atoms with E-state index in [1.165, 1.54) is 0 Å². The second kappa shape index (κ2) is 12.7. The van der Waals surface area contributed by atoms with E-state index in [0.717, 1.165) is 43.0 Å². The first-order valence-electron chi connectivity index (χ1n) is 16.5. The number of nitrogens with one attached hydrogen (secondary N) is 4. The summed E-state index contributed by atoms with van der Waals surface area (Å²) in [5.74, 6) is -1.81. The summed E-state index contributed by atoms with van der Waals surface area (Å²) in [6.45, 7) is 4.27. The number of aliphatic hydroxyl groups is 1. The monoisotopic (exact) mass is 635 g/mol. The van der Waals surface area contributed by atoms with Gasteiger partial charge in [0.2, 0.25) is 17.7 Å². The zero-order valence-corrected chi connectivity index (χ0v) is 26.8. The number of nitrogens with zero attached hydrogens (tertiary/aromatic N) is 1. The van der Waals surface area contributed by atoms with Crippen LogP contribution in [0.2, 0.25) is 0 Å². The van der Waals surface area contributed by atoms with Crippen LogP contribution in [0.4, 0.5) is 0 Å². The largest absolute Gasteiger partial charge is 0.496 e. The third-order valence-corrected chi connectivity index (χ3v) is 11.1. The SMILES string of the molecule is COc1cccc2[nH]c(C(=O)NC(C(=O)N3C[C@H]4[C@@H]([C@H]3C(=O)N[C@@H](C[C@@H]3CCNC3=O)C(=O)CO)C4(C)C)C3CCCCC3)cc12. The van der Waals surface area contributed by atoms with Crippen LogP contribution in [0.15, 0.2) is 24.3 Å². The number of Topliss-reactive ketones (excluding diaryl/α,β-unsaturated/α-hetero) is 1. The Morgan fingerprint density at radius 1 is 1.11 bits per heavy atom. The lowest BCUT2D eigenvalue weighted by atomic mass is 9.83. The number of ether oxygens (including phenoxy) is 1. The molecule has 46 heavy (non-hydrogen) atoms. The van der Waals surface area contributed by atoms with Gasteiger partial charge in [-0.3, -0.25) is 24.0 Å². The maximum Gasteiger partial charge on any atom is 0.268 e. The molecular weight excluding hydrogens is 590 g/mol. The summed E-state index contributed by atoms with van der Waals surface area (Å²) in [6, 6.07) is 4.52. The first-order valence-corrected chi connectivity index (χ1v) is 16.5. The first-order chi connectivity index (χ1) is 22.0. The number of carbonyl (C=O) groups excluding carboxylic acids is 5. The van der Waals surface area contributed by atoms with E-state index in [4.69, 9.17) is 4.74 Å². The van der Waals surface area contributed by atoms with E-state index in [1.807, 2.05) is 18.2 Å². The van der Waals surface area contributed by atoms with E-state index in [1.54, 1.807) is 18.1 Å². The minimum Gasteiger partial charge on any atom is -0.496 e. The zero-order valence-electron chi connectivity index (χ0n) is 26.8. The minimum atomic E-state index is -1.04. The fourth-order valence-electron chi connectivity index (χ4n) is 8.28. The molecule has 4 amide bonds. The van der Waals surface area contributed by atoms with Crippen LogP contribution >= 0.6 is 0 Å². The van der Waals surface area contributed by atoms with Gasteiger partial charge in [0.1, 0.15) is 30.1 Å². The molecule has 12 heteroatoms. The molecule has 1 aromatic heterocycles. The Bertz CT molecular complexity index is 1530. The lowest BCUT2D eigenvalue weighted by Gasteiger charge is -2.37. The highest BCUT2D eigenvalue weighted by molar-refractivity contribution is 6.02. The Morgan fingerprint density at radius 3 is 2.54 bits per heavy atom. The zero-order chi connectivity index (χ0) is 32.7. The van der Waals surface area contributed by atoms with Crippen LogP contribution < -0.4 is 20.7 Å². The molecule has 248 valence electrons. The van der Waals surface area contributed by atoms with E-state index >= 15 is 0 Å². The molecule has 1 aromatic carbocycles. The van der Waals surface area contributed by atoms with Gasteiger partial charge in [0.05, 0.1) is 13.2 Å². The number of fused-ring (bicyclic) bond motifs is 2. The van der Waals surface area contributed by atoms with Crippen LogP contribution in [0, 0.1) is 29.1 Å². The number of piperidine rings is 1. The Kier molecular flexibility index (Phi) is 8.84. The van der Waals surface area contributed by atoms with Crippen LogP contribution in [-0.4, -0.2) is 89.3 Å². The van der Waals surface area contributed by atoms with Crippen molar-refractivity contribution in [3.63, 3.8) is 0 Å². The van der Waals surface area contributed by atoms with Crippen molar-refractivity contribution in [3.05, 3.63) is 30.0 Å². The Morgan fingerprint density at radius 2 is 1.87 bits per heavy atom. The number of carbonyl (C=O) groups is 5. The topological polar surface area (TPSA) is 170 Å². The standard InChI is InChI=1S/C34H45N5O7/c1-34(2)21-16-39(29(27(21)34)32(44)37-23(25(41)17-40)14-19-12-13-35-30(19)42)33(45)28(18-8-5-4-6-9-18)38-31(43)24-15-20-22(36-24)10-7-11-26(20)46-3/h7,10-11,15,18-19,21,23,27-29,36,40H,4-6,8-9,12-14,16-17H2,1-3H3,(H,35,42)(H,37,44)(H,38,43)/t19-,21-,23-,27-,28?,29-/m0/s1. The number of aromatic amines is 1. The lowest BCUT2D eigenvalue weighted by molar-refractivity contribution is -0.144. The molecular formula is C34H45N5O7. The summed E-state index contributed by atoms with van der Waals surface area (Å²) in [5, 5.41) is 19.0. The average molecular weight is 636 g/mol. The number of benzene rings is 1. The normalized spacial score (nSPS) is 26.6. The third kappa shape index (κ3) is 5.87. The molecule has 5 N–H and O–H groups in total. The van der Waals surface area contributed by atoms with Gasteiger partial charge >= 0.3 is 0 Å². The van der Waals surface area contributed by atoms with Crippen molar-refractivity contribution in [3.8, 4) is 5.75 Å². The number of hydrogen-bond donors (Lipinski definition) is 5. The maximum absolute atomic E-state index is 14.5. The second-order valence-electron chi connectivity index (χ2n) is 14.0. The van der Waals surface area contributed by atoms with Crippen LogP contribution in [0.3, 0.4) is 0 Å². The summed E-state index contributed by atoms with van der Waals surface area (Å²) >= 11 is 0. The molecule has 12 nitrogen and oxygen atoms in total. The molecule has 2 saturated carbocycles. The van der Waals surface area contributed by atoms with Crippen molar-refractivity contribution in [2.24, 2.45) is 29.1 Å². The molecule has 2 aromatic rings. The smallest absolute Gasteiger partial charge is 0.268 e. The van der Waals surface area contributed by atoms with E-state index < -0.39 is 48.2 Å². The molecule has 0 radical (unpaired) electrons. The number of likely N-dealkylation sites (tertiary alicyclic amines) is 1. The van der Waals surface area contributed by atoms with E-state index in [9.17, 15) is 29.1 Å². The van der Waals surface area contributed by atoms with Gasteiger partial charge in [0, 0.05) is 29.9 Å². The predicted molar refractivity (Wildman–Crippen MR) is 169 cm³/mol. The van der Waals surface area contributed by atoms with Gasteiger partial charge in [0.15, 0.2) is 5.78 Å². The predicted octanol–water partition coefficient (Wildman–Crippen LogP) is 1.91. The number of methoxy groups -OCH3 is 1. The van der Waals surface area contributed by atoms with E-state index in [0.29, 0.717) is 31.0 Å². The number of rotatable bonds is 11. The quantitative estimate of drug-likeness (QED) is 0.251. The molecule has 0 bridgehead atoms. The summed E-state index contributed by atoms with van der Waals surface area (Å²) in [6.07, 6.45) is 5.19. The Labute approximate surface area is 268 Å². The van der Waals surface area contributed by atoms with Crippen LogP contribution in [0.25, 0.3) is 10.9 Å². The van der Waals surface area contributed by atoms with Crippen molar-refractivity contribution in [1.82, 2.24) is 25.8 Å².